The SMILES string of the molecule is Cc1cc(C(=O)Nc2nnc(Cc3cccc(F)c3)s2)c2c(C)[nH]nc2n1. The quantitative estimate of drug-likeness (QED) is 0.564. The maximum atomic E-state index is 13.3. The summed E-state index contributed by atoms with van der Waals surface area (Å²) in [5, 5.41) is 19.6. The maximum Gasteiger partial charge on any atom is 0.258 e. The molecular formula is C18H15FN6OS. The van der Waals surface area contributed by atoms with Gasteiger partial charge in [-0.1, -0.05) is 23.5 Å². The number of halogens is 1. The van der Waals surface area contributed by atoms with E-state index in [0.717, 1.165) is 11.3 Å². The average molecular weight is 382 g/mol. The van der Waals surface area contributed by atoms with E-state index in [0.29, 0.717) is 38.9 Å². The van der Waals surface area contributed by atoms with E-state index < -0.39 is 0 Å². The second-order valence-corrected chi connectivity index (χ2v) is 7.18. The highest BCUT2D eigenvalue weighted by atomic mass is 32.1. The molecule has 0 bridgehead atoms. The van der Waals surface area contributed by atoms with Crippen molar-refractivity contribution >= 4 is 33.4 Å². The Morgan fingerprint density at radius 1 is 1.26 bits per heavy atom. The standard InChI is InChI=1S/C18H15FN6OS/c1-9-6-13(15-10(2)22-24-16(15)20-9)17(26)21-18-25-23-14(27-18)8-11-4-3-5-12(19)7-11/h3-7H,8H2,1-2H3,(H,20,22,24)(H,21,25,26). The molecule has 0 aliphatic rings. The smallest absolute Gasteiger partial charge is 0.258 e. The van der Waals surface area contributed by atoms with E-state index in [4.69, 9.17) is 0 Å². The van der Waals surface area contributed by atoms with Crippen LogP contribution in [0.2, 0.25) is 0 Å². The monoisotopic (exact) mass is 382 g/mol. The first-order chi connectivity index (χ1) is 13.0. The molecule has 0 atom stereocenters. The van der Waals surface area contributed by atoms with Crippen LogP contribution in [0.25, 0.3) is 11.0 Å². The van der Waals surface area contributed by atoms with Gasteiger partial charge in [0.05, 0.1) is 10.9 Å². The third kappa shape index (κ3) is 3.54. The van der Waals surface area contributed by atoms with Crippen molar-refractivity contribution in [1.82, 2.24) is 25.4 Å². The summed E-state index contributed by atoms with van der Waals surface area (Å²) in [6, 6.07) is 8.04. The third-order valence-corrected chi connectivity index (χ3v) is 4.85. The number of nitrogens with zero attached hydrogens (tertiary/aromatic N) is 4. The topological polar surface area (TPSA) is 96.5 Å². The Hall–Kier alpha value is -3.20. The molecule has 4 aromatic rings. The minimum absolute atomic E-state index is 0.293. The molecule has 0 spiro atoms. The summed E-state index contributed by atoms with van der Waals surface area (Å²) >= 11 is 1.26. The fourth-order valence-electron chi connectivity index (χ4n) is 2.84. The van der Waals surface area contributed by atoms with E-state index in [1.165, 1.54) is 23.5 Å². The Labute approximate surface area is 157 Å². The zero-order valence-electron chi connectivity index (χ0n) is 14.6. The molecular weight excluding hydrogens is 367 g/mol. The number of aryl methyl sites for hydroxylation is 2. The highest BCUT2D eigenvalue weighted by molar-refractivity contribution is 7.15. The lowest BCUT2D eigenvalue weighted by atomic mass is 10.1. The Morgan fingerprint density at radius 2 is 2.11 bits per heavy atom. The van der Waals surface area contributed by atoms with Gasteiger partial charge in [-0.3, -0.25) is 15.2 Å². The normalized spacial score (nSPS) is 11.1. The highest BCUT2D eigenvalue weighted by Gasteiger charge is 2.18. The predicted octanol–water partition coefficient (Wildman–Crippen LogP) is 3.41. The Bertz CT molecular complexity index is 1150. The summed E-state index contributed by atoms with van der Waals surface area (Å²) in [4.78, 5) is 17.1. The first-order valence-corrected chi connectivity index (χ1v) is 9.02. The van der Waals surface area contributed by atoms with Crippen molar-refractivity contribution in [3.63, 3.8) is 0 Å². The van der Waals surface area contributed by atoms with Crippen molar-refractivity contribution in [2.45, 2.75) is 20.3 Å². The number of carbonyl (C=O) groups excluding carboxylic acids is 1. The molecule has 3 heterocycles. The molecule has 3 aromatic heterocycles. The number of hydrogen-bond acceptors (Lipinski definition) is 6. The minimum Gasteiger partial charge on any atom is -0.296 e. The van der Waals surface area contributed by atoms with E-state index in [2.05, 4.69) is 30.7 Å². The molecule has 0 aliphatic heterocycles. The van der Waals surface area contributed by atoms with Gasteiger partial charge in [0, 0.05) is 17.8 Å². The number of pyridine rings is 1. The molecule has 136 valence electrons. The number of hydrogen-bond donors (Lipinski definition) is 2. The van der Waals surface area contributed by atoms with E-state index in [1.807, 2.05) is 19.9 Å². The van der Waals surface area contributed by atoms with E-state index in [-0.39, 0.29) is 11.7 Å². The molecule has 0 fully saturated rings. The number of fused-ring (bicyclic) bond motifs is 1. The molecule has 1 amide bonds. The van der Waals surface area contributed by atoms with Gasteiger partial charge in [-0.15, -0.1) is 10.2 Å². The predicted molar refractivity (Wildman–Crippen MR) is 100 cm³/mol. The van der Waals surface area contributed by atoms with Crippen LogP contribution in [-0.2, 0) is 6.42 Å². The number of nitrogens with one attached hydrogen (secondary N) is 2. The number of aromatic nitrogens is 5. The van der Waals surface area contributed by atoms with Crippen LogP contribution in [-0.4, -0.2) is 31.3 Å². The number of aromatic amines is 1. The van der Waals surface area contributed by atoms with Gasteiger partial charge in [0.1, 0.15) is 10.8 Å². The number of carbonyl (C=O) groups is 1. The summed E-state index contributed by atoms with van der Waals surface area (Å²) in [6.45, 7) is 3.65. The van der Waals surface area contributed by atoms with Crippen LogP contribution in [0, 0.1) is 19.7 Å². The number of H-pyrrole nitrogens is 1. The Balaban J connectivity index is 1.56. The van der Waals surface area contributed by atoms with Crippen molar-refractivity contribution in [2.24, 2.45) is 0 Å². The Morgan fingerprint density at radius 3 is 2.93 bits per heavy atom. The third-order valence-electron chi connectivity index (χ3n) is 4.01. The van der Waals surface area contributed by atoms with Crippen molar-refractivity contribution < 1.29 is 9.18 Å². The van der Waals surface area contributed by atoms with Crippen LogP contribution in [0.4, 0.5) is 9.52 Å². The van der Waals surface area contributed by atoms with E-state index in [9.17, 15) is 9.18 Å². The van der Waals surface area contributed by atoms with E-state index >= 15 is 0 Å². The van der Waals surface area contributed by atoms with Crippen molar-refractivity contribution in [1.29, 1.82) is 0 Å². The summed E-state index contributed by atoms with van der Waals surface area (Å²) in [7, 11) is 0. The summed E-state index contributed by atoms with van der Waals surface area (Å²) in [5.41, 5.74) is 3.24. The fraction of sp³-hybridized carbons (Fsp3) is 0.167. The number of anilines is 1. The zero-order valence-corrected chi connectivity index (χ0v) is 15.4. The minimum atomic E-state index is -0.302. The van der Waals surface area contributed by atoms with Crippen molar-refractivity contribution in [3.8, 4) is 0 Å². The van der Waals surface area contributed by atoms with Gasteiger partial charge in [0.15, 0.2) is 5.65 Å². The lowest BCUT2D eigenvalue weighted by molar-refractivity contribution is 0.102. The second kappa shape index (κ2) is 6.84. The van der Waals surface area contributed by atoms with Crippen molar-refractivity contribution in [3.05, 3.63) is 63.7 Å². The molecule has 9 heteroatoms. The number of amides is 1. The van der Waals surface area contributed by atoms with Crippen LogP contribution < -0.4 is 5.32 Å². The number of rotatable bonds is 4. The molecule has 0 saturated carbocycles. The van der Waals surface area contributed by atoms with Gasteiger partial charge >= 0.3 is 0 Å². The van der Waals surface area contributed by atoms with Crippen LogP contribution in [0.5, 0.6) is 0 Å². The van der Waals surface area contributed by atoms with Gasteiger partial charge in [0.25, 0.3) is 5.91 Å². The summed E-state index contributed by atoms with van der Waals surface area (Å²) in [6.07, 6.45) is 0.449. The second-order valence-electron chi connectivity index (χ2n) is 6.12. The molecule has 0 saturated heterocycles. The van der Waals surface area contributed by atoms with Gasteiger partial charge in [0.2, 0.25) is 5.13 Å². The molecule has 1 aromatic carbocycles. The van der Waals surface area contributed by atoms with Gasteiger partial charge < -0.3 is 0 Å². The average Bonchev–Trinajstić information content (AvgIpc) is 3.21. The molecule has 7 nitrogen and oxygen atoms in total. The van der Waals surface area contributed by atoms with Crippen molar-refractivity contribution in [2.75, 3.05) is 5.32 Å². The zero-order chi connectivity index (χ0) is 19.0. The molecule has 4 rings (SSSR count). The fourth-order valence-corrected chi connectivity index (χ4v) is 3.61. The van der Waals surface area contributed by atoms with Crippen LogP contribution >= 0.6 is 11.3 Å². The maximum absolute atomic E-state index is 13.3. The lowest BCUT2D eigenvalue weighted by Crippen LogP contribution is -2.13. The lowest BCUT2D eigenvalue weighted by Gasteiger charge is -2.04. The molecule has 0 unspecified atom stereocenters. The van der Waals surface area contributed by atoms with Crippen LogP contribution in [0.15, 0.2) is 30.3 Å². The molecule has 0 radical (unpaired) electrons. The highest BCUT2D eigenvalue weighted by Crippen LogP contribution is 2.23. The van der Waals surface area contributed by atoms with Gasteiger partial charge in [-0.25, -0.2) is 9.37 Å². The van der Waals surface area contributed by atoms with E-state index in [1.54, 1.807) is 12.1 Å². The largest absolute Gasteiger partial charge is 0.296 e. The Kier molecular flexibility index (Phi) is 4.36. The first-order valence-electron chi connectivity index (χ1n) is 8.20. The van der Waals surface area contributed by atoms with Gasteiger partial charge in [-0.05, 0) is 37.6 Å². The first kappa shape index (κ1) is 17.2. The molecule has 0 aliphatic carbocycles. The summed E-state index contributed by atoms with van der Waals surface area (Å²) < 4.78 is 13.3. The summed E-state index contributed by atoms with van der Waals surface area (Å²) in [5.74, 6) is -0.596. The van der Waals surface area contributed by atoms with Gasteiger partial charge in [-0.2, -0.15) is 5.10 Å². The number of benzene rings is 1. The van der Waals surface area contributed by atoms with Crippen LogP contribution in [0.1, 0.15) is 32.3 Å². The van der Waals surface area contributed by atoms with Crippen LogP contribution in [0.3, 0.4) is 0 Å². The molecule has 27 heavy (non-hydrogen) atoms. The molecule has 2 N–H and O–H groups in total.